The van der Waals surface area contributed by atoms with Gasteiger partial charge >= 0.3 is 12.0 Å². The maximum Gasteiger partial charge on any atom is 0.322 e. The molecule has 1 aromatic rings. The Morgan fingerprint density at radius 2 is 2.11 bits per heavy atom. The van der Waals surface area contributed by atoms with E-state index < -0.39 is 17.5 Å². The van der Waals surface area contributed by atoms with Crippen molar-refractivity contribution >= 4 is 17.9 Å². The first-order valence-corrected chi connectivity index (χ1v) is 5.34. The molecular formula is C10H15N5O3. The van der Waals surface area contributed by atoms with Gasteiger partial charge in [0.15, 0.2) is 0 Å². The monoisotopic (exact) mass is 253 g/mol. The zero-order valence-corrected chi connectivity index (χ0v) is 10.2. The van der Waals surface area contributed by atoms with Crippen molar-refractivity contribution in [2.24, 2.45) is 0 Å². The fourth-order valence-corrected chi connectivity index (χ4v) is 1.23. The first-order valence-electron chi connectivity index (χ1n) is 5.34. The molecule has 0 aliphatic heterocycles. The smallest absolute Gasteiger partial charge is 0.322 e. The van der Waals surface area contributed by atoms with Gasteiger partial charge in [-0.15, -0.1) is 5.10 Å². The van der Waals surface area contributed by atoms with E-state index in [1.807, 2.05) is 0 Å². The van der Waals surface area contributed by atoms with Crippen LogP contribution < -0.4 is 10.6 Å². The van der Waals surface area contributed by atoms with E-state index >= 15 is 0 Å². The van der Waals surface area contributed by atoms with Crippen molar-refractivity contribution in [1.29, 1.82) is 0 Å². The Balaban J connectivity index is 2.46. The zero-order chi connectivity index (χ0) is 13.6. The number of carbonyl (C=O) groups excluding carboxylic acids is 1. The fraction of sp³-hybridized carbons (Fsp3) is 0.500. The lowest BCUT2D eigenvalue weighted by atomic mass is 9.99. The molecule has 0 unspecified atom stereocenters. The normalized spacial score (nSPS) is 10.8. The van der Waals surface area contributed by atoms with Crippen LogP contribution >= 0.6 is 0 Å². The van der Waals surface area contributed by atoms with Crippen LogP contribution in [0.25, 0.3) is 0 Å². The molecule has 8 heteroatoms. The summed E-state index contributed by atoms with van der Waals surface area (Å²) in [6.45, 7) is 3.47. The van der Waals surface area contributed by atoms with Gasteiger partial charge in [-0.1, -0.05) is 0 Å². The number of rotatable bonds is 5. The average molecular weight is 253 g/mol. The maximum absolute atomic E-state index is 11.6. The molecule has 0 aromatic carbocycles. The second-order valence-electron chi connectivity index (χ2n) is 4.32. The molecule has 0 fully saturated rings. The second kappa shape index (κ2) is 5.89. The van der Waals surface area contributed by atoms with Gasteiger partial charge in [0, 0.05) is 12.0 Å². The minimum atomic E-state index is -0.902. The van der Waals surface area contributed by atoms with E-state index in [0.29, 0.717) is 6.42 Å². The van der Waals surface area contributed by atoms with Crippen molar-refractivity contribution in [2.45, 2.75) is 32.2 Å². The number of carboxylic acid groups (broad SMARTS) is 1. The summed E-state index contributed by atoms with van der Waals surface area (Å²) in [7, 11) is 0. The highest BCUT2D eigenvalue weighted by Gasteiger charge is 2.21. The van der Waals surface area contributed by atoms with Crippen LogP contribution in [0.3, 0.4) is 0 Å². The van der Waals surface area contributed by atoms with Gasteiger partial charge in [0.2, 0.25) is 0 Å². The average Bonchev–Trinajstić information content (AvgIpc) is 2.27. The van der Waals surface area contributed by atoms with Gasteiger partial charge in [-0.25, -0.2) is 9.78 Å². The molecule has 8 nitrogen and oxygen atoms in total. The van der Waals surface area contributed by atoms with Crippen molar-refractivity contribution in [1.82, 2.24) is 20.5 Å². The predicted octanol–water partition coefficient (Wildman–Crippen LogP) is 0.636. The van der Waals surface area contributed by atoms with Gasteiger partial charge in [0.25, 0.3) is 5.95 Å². The van der Waals surface area contributed by atoms with Gasteiger partial charge in [-0.2, -0.15) is 5.10 Å². The van der Waals surface area contributed by atoms with Crippen LogP contribution in [0, 0.1) is 0 Å². The van der Waals surface area contributed by atoms with Crippen LogP contribution in [0.2, 0.25) is 0 Å². The molecule has 0 saturated heterocycles. The van der Waals surface area contributed by atoms with E-state index in [0.717, 1.165) is 0 Å². The summed E-state index contributed by atoms with van der Waals surface area (Å²) in [5.74, 6) is -0.815. The SMILES string of the molecule is CC(C)(CCC(=O)O)NC(=O)Nc1nccnn1. The lowest BCUT2D eigenvalue weighted by molar-refractivity contribution is -0.137. The molecule has 0 spiro atoms. The van der Waals surface area contributed by atoms with Crippen LogP contribution in [0.4, 0.5) is 10.7 Å². The molecule has 1 rings (SSSR count). The summed E-state index contributed by atoms with van der Waals surface area (Å²) < 4.78 is 0. The molecule has 0 radical (unpaired) electrons. The predicted molar refractivity (Wildman–Crippen MR) is 62.9 cm³/mol. The number of hydrogen-bond donors (Lipinski definition) is 3. The lowest BCUT2D eigenvalue weighted by Gasteiger charge is -2.25. The molecule has 0 bridgehead atoms. The Bertz CT molecular complexity index is 421. The lowest BCUT2D eigenvalue weighted by Crippen LogP contribution is -2.46. The molecule has 2 amide bonds. The van der Waals surface area contributed by atoms with Gasteiger partial charge < -0.3 is 10.4 Å². The Hall–Kier alpha value is -2.25. The molecule has 0 saturated carbocycles. The first kappa shape index (κ1) is 13.8. The van der Waals surface area contributed by atoms with E-state index in [4.69, 9.17) is 5.11 Å². The summed E-state index contributed by atoms with van der Waals surface area (Å²) >= 11 is 0. The summed E-state index contributed by atoms with van der Waals surface area (Å²) in [5.41, 5.74) is -0.634. The fourth-order valence-electron chi connectivity index (χ4n) is 1.23. The molecule has 0 aliphatic carbocycles. The zero-order valence-electron chi connectivity index (χ0n) is 10.2. The third-order valence-electron chi connectivity index (χ3n) is 2.12. The highest BCUT2D eigenvalue weighted by atomic mass is 16.4. The summed E-state index contributed by atoms with van der Waals surface area (Å²) in [5, 5.41) is 20.8. The van der Waals surface area contributed by atoms with Crippen LogP contribution in [0.15, 0.2) is 12.4 Å². The quantitative estimate of drug-likeness (QED) is 0.708. The van der Waals surface area contributed by atoms with Gasteiger partial charge in [-0.3, -0.25) is 10.1 Å². The maximum atomic E-state index is 11.6. The number of nitrogens with one attached hydrogen (secondary N) is 2. The van der Waals surface area contributed by atoms with E-state index in [-0.39, 0.29) is 12.4 Å². The molecule has 98 valence electrons. The number of aromatic nitrogens is 3. The Morgan fingerprint density at radius 3 is 2.67 bits per heavy atom. The molecule has 1 heterocycles. The third kappa shape index (κ3) is 5.19. The topological polar surface area (TPSA) is 117 Å². The Morgan fingerprint density at radius 1 is 1.39 bits per heavy atom. The number of nitrogens with zero attached hydrogens (tertiary/aromatic N) is 3. The molecule has 3 N–H and O–H groups in total. The van der Waals surface area contributed by atoms with Crippen molar-refractivity contribution in [3.63, 3.8) is 0 Å². The number of anilines is 1. The number of amides is 2. The number of hydrogen-bond acceptors (Lipinski definition) is 5. The molecular weight excluding hydrogens is 238 g/mol. The number of aliphatic carboxylic acids is 1. The van der Waals surface area contributed by atoms with Crippen LogP contribution in [-0.2, 0) is 4.79 Å². The van der Waals surface area contributed by atoms with E-state index in [2.05, 4.69) is 25.8 Å². The number of carbonyl (C=O) groups is 2. The second-order valence-corrected chi connectivity index (χ2v) is 4.32. The third-order valence-corrected chi connectivity index (χ3v) is 2.12. The minimum absolute atomic E-state index is 0.0172. The number of urea groups is 1. The van der Waals surface area contributed by atoms with Crippen LogP contribution in [0.1, 0.15) is 26.7 Å². The highest BCUT2D eigenvalue weighted by molar-refractivity contribution is 5.87. The molecule has 0 atom stereocenters. The Labute approximate surface area is 104 Å². The van der Waals surface area contributed by atoms with Crippen molar-refractivity contribution in [3.8, 4) is 0 Å². The minimum Gasteiger partial charge on any atom is -0.481 e. The molecule has 1 aromatic heterocycles. The van der Waals surface area contributed by atoms with Crippen molar-refractivity contribution < 1.29 is 14.7 Å². The van der Waals surface area contributed by atoms with Crippen LogP contribution in [-0.4, -0.2) is 37.8 Å². The largest absolute Gasteiger partial charge is 0.481 e. The summed E-state index contributed by atoms with van der Waals surface area (Å²) in [6.07, 6.45) is 3.10. The summed E-state index contributed by atoms with van der Waals surface area (Å²) in [4.78, 5) is 25.8. The molecule has 0 aliphatic rings. The van der Waals surface area contributed by atoms with Gasteiger partial charge in [0.05, 0.1) is 12.4 Å². The molecule has 18 heavy (non-hydrogen) atoms. The Kier molecular flexibility index (Phi) is 4.52. The summed E-state index contributed by atoms with van der Waals surface area (Å²) in [6, 6.07) is -0.501. The van der Waals surface area contributed by atoms with Gasteiger partial charge in [-0.05, 0) is 20.3 Å². The van der Waals surface area contributed by atoms with Gasteiger partial charge in [0.1, 0.15) is 0 Å². The van der Waals surface area contributed by atoms with Crippen molar-refractivity contribution in [3.05, 3.63) is 12.4 Å². The first-order chi connectivity index (χ1) is 8.39. The van der Waals surface area contributed by atoms with Crippen LogP contribution in [0.5, 0.6) is 0 Å². The standard InChI is InChI=1S/C10H15N5O3/c1-10(2,4-3-7(16)17)14-9(18)13-8-11-5-6-12-15-8/h5-6H,3-4H2,1-2H3,(H,16,17)(H2,11,13,14,15,18). The number of carboxylic acids is 1. The van der Waals surface area contributed by atoms with E-state index in [1.165, 1.54) is 12.4 Å². The van der Waals surface area contributed by atoms with E-state index in [9.17, 15) is 9.59 Å². The highest BCUT2D eigenvalue weighted by Crippen LogP contribution is 2.11. The van der Waals surface area contributed by atoms with E-state index in [1.54, 1.807) is 13.8 Å². The van der Waals surface area contributed by atoms with Crippen molar-refractivity contribution in [2.75, 3.05) is 5.32 Å².